The molecule has 132 valence electrons. The van der Waals surface area contributed by atoms with Gasteiger partial charge in [0.1, 0.15) is 4.83 Å². The predicted molar refractivity (Wildman–Crippen MR) is 102 cm³/mol. The second-order valence-corrected chi connectivity index (χ2v) is 8.44. The van der Waals surface area contributed by atoms with Gasteiger partial charge < -0.3 is 5.32 Å². The van der Waals surface area contributed by atoms with Gasteiger partial charge in [-0.2, -0.15) is 0 Å². The van der Waals surface area contributed by atoms with Crippen molar-refractivity contribution in [1.82, 2.24) is 14.9 Å². The summed E-state index contributed by atoms with van der Waals surface area (Å²) in [6, 6.07) is 0.151. The highest BCUT2D eigenvalue weighted by Crippen LogP contribution is 2.29. The molecule has 1 N–H and O–H groups in total. The van der Waals surface area contributed by atoms with Crippen LogP contribution < -0.4 is 10.9 Å². The molecule has 0 saturated carbocycles. The van der Waals surface area contributed by atoms with Crippen LogP contribution in [0.15, 0.2) is 9.95 Å². The van der Waals surface area contributed by atoms with Gasteiger partial charge in [-0.25, -0.2) is 4.98 Å². The molecule has 1 amide bonds. The third kappa shape index (κ3) is 3.83. The molecule has 5 nitrogen and oxygen atoms in total. The monoisotopic (exact) mass is 367 g/mol. The average Bonchev–Trinajstić information content (AvgIpc) is 2.79. The second kappa shape index (κ2) is 7.70. The Balaban J connectivity index is 2.37. The maximum Gasteiger partial charge on any atom is 0.263 e. The lowest BCUT2D eigenvalue weighted by Gasteiger charge is -2.16. The molecule has 7 heteroatoms. The smallest absolute Gasteiger partial charge is 0.263 e. The number of nitrogens with one attached hydrogen (secondary N) is 1. The van der Waals surface area contributed by atoms with Crippen LogP contribution in [0.25, 0.3) is 10.2 Å². The molecule has 0 aromatic carbocycles. The molecular formula is C17H25N3O2S2. The minimum Gasteiger partial charge on any atom is -0.353 e. The van der Waals surface area contributed by atoms with E-state index < -0.39 is 0 Å². The lowest BCUT2D eigenvalue weighted by molar-refractivity contribution is -0.119. The number of carbonyl (C=O) groups excluding carboxylic acids is 1. The standard InChI is InChI=1S/C17H25N3O2S2/c1-7-10(4)18-13(21)8-23-17-19-15-14(11(5)12(6)24-15)16(22)20(17)9(2)3/h9-10H,7-8H2,1-6H3,(H,18,21). The van der Waals surface area contributed by atoms with E-state index in [0.717, 1.165) is 21.7 Å². The Kier molecular flexibility index (Phi) is 6.09. The van der Waals surface area contributed by atoms with Crippen molar-refractivity contribution in [2.45, 2.75) is 65.2 Å². The van der Waals surface area contributed by atoms with E-state index in [1.807, 2.05) is 41.5 Å². The van der Waals surface area contributed by atoms with Crippen LogP contribution in [0.5, 0.6) is 0 Å². The molecule has 2 aromatic heterocycles. The number of rotatable bonds is 6. The SMILES string of the molecule is CCC(C)NC(=O)CSc1nc2sc(C)c(C)c2c(=O)n1C(C)C. The maximum absolute atomic E-state index is 12.9. The number of carbonyl (C=O) groups is 1. The van der Waals surface area contributed by atoms with Crippen molar-refractivity contribution in [2.75, 3.05) is 5.75 Å². The first kappa shape index (κ1) is 19.0. The van der Waals surface area contributed by atoms with Gasteiger partial charge in [-0.05, 0) is 46.6 Å². The minimum atomic E-state index is -0.0301. The highest BCUT2D eigenvalue weighted by molar-refractivity contribution is 7.99. The number of hydrogen-bond donors (Lipinski definition) is 1. The van der Waals surface area contributed by atoms with Crippen LogP contribution in [0.2, 0.25) is 0 Å². The molecule has 1 unspecified atom stereocenters. The van der Waals surface area contributed by atoms with Crippen molar-refractivity contribution in [2.24, 2.45) is 0 Å². The molecule has 0 bridgehead atoms. The first-order valence-corrected chi connectivity index (χ1v) is 10.0. The second-order valence-electron chi connectivity index (χ2n) is 6.29. The van der Waals surface area contributed by atoms with Crippen LogP contribution in [0, 0.1) is 13.8 Å². The zero-order valence-electron chi connectivity index (χ0n) is 15.1. The van der Waals surface area contributed by atoms with Gasteiger partial charge in [-0.1, -0.05) is 18.7 Å². The van der Waals surface area contributed by atoms with E-state index in [-0.39, 0.29) is 29.3 Å². The maximum atomic E-state index is 12.9. The average molecular weight is 368 g/mol. The van der Waals surface area contributed by atoms with Crippen molar-refractivity contribution in [3.05, 3.63) is 20.8 Å². The summed E-state index contributed by atoms with van der Waals surface area (Å²) in [4.78, 5) is 31.5. The largest absolute Gasteiger partial charge is 0.353 e. The molecule has 0 aliphatic rings. The lowest BCUT2D eigenvalue weighted by Crippen LogP contribution is -2.33. The summed E-state index contributed by atoms with van der Waals surface area (Å²) < 4.78 is 1.70. The summed E-state index contributed by atoms with van der Waals surface area (Å²) in [5.74, 6) is 0.232. The zero-order valence-corrected chi connectivity index (χ0v) is 16.7. The number of aromatic nitrogens is 2. The van der Waals surface area contributed by atoms with Crippen LogP contribution in [0.3, 0.4) is 0 Å². The molecule has 24 heavy (non-hydrogen) atoms. The van der Waals surface area contributed by atoms with Crippen LogP contribution in [0.1, 0.15) is 50.6 Å². The van der Waals surface area contributed by atoms with E-state index >= 15 is 0 Å². The van der Waals surface area contributed by atoms with Crippen LogP contribution in [-0.4, -0.2) is 27.3 Å². The Morgan fingerprint density at radius 3 is 2.58 bits per heavy atom. The van der Waals surface area contributed by atoms with Crippen LogP contribution >= 0.6 is 23.1 Å². The summed E-state index contributed by atoms with van der Waals surface area (Å²) in [6.07, 6.45) is 0.894. The first-order valence-electron chi connectivity index (χ1n) is 8.20. The molecule has 1 atom stereocenters. The Morgan fingerprint density at radius 2 is 2.00 bits per heavy atom. The Morgan fingerprint density at radius 1 is 1.33 bits per heavy atom. The molecule has 0 aliphatic carbocycles. The quantitative estimate of drug-likeness (QED) is 0.625. The number of fused-ring (bicyclic) bond motifs is 1. The molecule has 0 spiro atoms. The van der Waals surface area contributed by atoms with E-state index in [0.29, 0.717) is 10.5 Å². The van der Waals surface area contributed by atoms with Gasteiger partial charge in [-0.15, -0.1) is 11.3 Å². The third-order valence-corrected chi connectivity index (χ3v) is 6.13. The van der Waals surface area contributed by atoms with E-state index in [1.54, 1.807) is 4.57 Å². The fraction of sp³-hybridized carbons (Fsp3) is 0.588. The van der Waals surface area contributed by atoms with Gasteiger partial charge in [-0.3, -0.25) is 14.2 Å². The number of thiophene rings is 1. The van der Waals surface area contributed by atoms with E-state index in [1.165, 1.54) is 23.1 Å². The lowest BCUT2D eigenvalue weighted by atomic mass is 10.2. The number of thioether (sulfide) groups is 1. The first-order chi connectivity index (χ1) is 11.3. The number of aryl methyl sites for hydroxylation is 2. The van der Waals surface area contributed by atoms with Crippen LogP contribution in [0.4, 0.5) is 0 Å². The highest BCUT2D eigenvalue weighted by atomic mass is 32.2. The Hall–Kier alpha value is -1.34. The fourth-order valence-electron chi connectivity index (χ4n) is 2.39. The summed E-state index contributed by atoms with van der Waals surface area (Å²) in [7, 11) is 0. The summed E-state index contributed by atoms with van der Waals surface area (Å²) >= 11 is 2.86. The van der Waals surface area contributed by atoms with Crippen molar-refractivity contribution in [3.8, 4) is 0 Å². The van der Waals surface area contributed by atoms with Crippen molar-refractivity contribution in [1.29, 1.82) is 0 Å². The van der Waals surface area contributed by atoms with Crippen molar-refractivity contribution < 1.29 is 4.79 Å². The number of hydrogen-bond acceptors (Lipinski definition) is 5. The topological polar surface area (TPSA) is 64.0 Å². The van der Waals surface area contributed by atoms with Gasteiger partial charge >= 0.3 is 0 Å². The van der Waals surface area contributed by atoms with E-state index in [2.05, 4.69) is 10.3 Å². The van der Waals surface area contributed by atoms with E-state index in [9.17, 15) is 9.59 Å². The Bertz CT molecular complexity index is 808. The van der Waals surface area contributed by atoms with Gasteiger partial charge in [0, 0.05) is 17.0 Å². The number of nitrogens with zero attached hydrogens (tertiary/aromatic N) is 2. The van der Waals surface area contributed by atoms with Crippen molar-refractivity contribution in [3.63, 3.8) is 0 Å². The molecular weight excluding hydrogens is 342 g/mol. The number of amides is 1. The predicted octanol–water partition coefficient (Wildman–Crippen LogP) is 3.66. The molecule has 0 saturated heterocycles. The van der Waals surface area contributed by atoms with Crippen molar-refractivity contribution >= 4 is 39.2 Å². The zero-order chi connectivity index (χ0) is 18.0. The molecule has 0 radical (unpaired) electrons. The summed E-state index contributed by atoms with van der Waals surface area (Å²) in [6.45, 7) is 11.9. The normalized spacial score (nSPS) is 12.8. The molecule has 2 aromatic rings. The van der Waals surface area contributed by atoms with Crippen LogP contribution in [-0.2, 0) is 4.79 Å². The van der Waals surface area contributed by atoms with Gasteiger partial charge in [0.25, 0.3) is 5.56 Å². The third-order valence-electron chi connectivity index (χ3n) is 4.07. The van der Waals surface area contributed by atoms with Gasteiger partial charge in [0.15, 0.2) is 5.16 Å². The van der Waals surface area contributed by atoms with Gasteiger partial charge in [0.2, 0.25) is 5.91 Å². The van der Waals surface area contributed by atoms with E-state index in [4.69, 9.17) is 0 Å². The molecule has 0 fully saturated rings. The summed E-state index contributed by atoms with van der Waals surface area (Å²) in [5, 5.41) is 4.26. The Labute approximate surface area is 150 Å². The highest BCUT2D eigenvalue weighted by Gasteiger charge is 2.19. The summed E-state index contributed by atoms with van der Waals surface area (Å²) in [5.41, 5.74) is 0.995. The molecule has 0 aliphatic heterocycles. The molecule has 2 rings (SSSR count). The van der Waals surface area contributed by atoms with Gasteiger partial charge in [0.05, 0.1) is 11.1 Å². The minimum absolute atomic E-state index is 0.00543. The fourth-order valence-corrected chi connectivity index (χ4v) is 4.40. The molecule has 2 heterocycles.